The number of nitrogens with one attached hydrogen (secondary N) is 1. The zero-order valence-corrected chi connectivity index (χ0v) is 21.1. The van der Waals surface area contributed by atoms with Gasteiger partial charge in [-0.3, -0.25) is 9.88 Å². The number of hydrogen-bond donors (Lipinski definition) is 1. The molecule has 0 atom stereocenters. The Balaban J connectivity index is 1.36. The molecule has 3 heterocycles. The Hall–Kier alpha value is -3.30. The molecule has 1 saturated heterocycles. The third-order valence-electron chi connectivity index (χ3n) is 6.12. The van der Waals surface area contributed by atoms with Crippen molar-refractivity contribution < 1.29 is 9.53 Å². The fourth-order valence-electron chi connectivity index (χ4n) is 3.96. The minimum absolute atomic E-state index is 0.0429. The van der Waals surface area contributed by atoms with Gasteiger partial charge >= 0.3 is 6.03 Å². The van der Waals surface area contributed by atoms with E-state index in [9.17, 15) is 4.79 Å². The number of ether oxygens (including phenoxy) is 1. The molecule has 1 aliphatic rings. The highest BCUT2D eigenvalue weighted by Crippen LogP contribution is 2.24. The number of likely N-dealkylation sites (N-methyl/N-ethyl adjacent to an activating group) is 1. The summed E-state index contributed by atoms with van der Waals surface area (Å²) in [5.74, 6) is 1.12. The highest BCUT2D eigenvalue weighted by atomic mass is 16.5. The zero-order valence-electron chi connectivity index (χ0n) is 21.1. The lowest BCUT2D eigenvalue weighted by molar-refractivity contribution is 0.145. The number of benzene rings is 1. The third kappa shape index (κ3) is 6.64. The van der Waals surface area contributed by atoms with Gasteiger partial charge in [0.2, 0.25) is 5.88 Å². The number of fused-ring (bicyclic) bond motifs is 1. The second kappa shape index (κ2) is 11.4. The van der Waals surface area contributed by atoms with Crippen LogP contribution in [0.1, 0.15) is 20.3 Å². The molecule has 35 heavy (non-hydrogen) atoms. The first-order chi connectivity index (χ1) is 16.9. The highest BCUT2D eigenvalue weighted by Gasteiger charge is 2.15. The number of carbonyl (C=O) groups is 1. The molecule has 1 fully saturated rings. The molecular formula is C26H35N7O2. The Bertz CT molecular complexity index is 1130. The molecule has 0 unspecified atom stereocenters. The maximum Gasteiger partial charge on any atom is 0.323 e. The molecule has 0 spiro atoms. The van der Waals surface area contributed by atoms with Crippen LogP contribution in [-0.2, 0) is 0 Å². The van der Waals surface area contributed by atoms with Gasteiger partial charge in [-0.1, -0.05) is 6.07 Å². The molecule has 0 aliphatic carbocycles. The topological polar surface area (TPSA) is 86.7 Å². The molecule has 3 aromatic rings. The van der Waals surface area contributed by atoms with Gasteiger partial charge in [-0.2, -0.15) is 0 Å². The monoisotopic (exact) mass is 477 g/mol. The second-order valence-corrected chi connectivity index (χ2v) is 9.33. The molecule has 0 saturated carbocycles. The van der Waals surface area contributed by atoms with E-state index in [0.717, 1.165) is 55.8 Å². The first-order valence-electron chi connectivity index (χ1n) is 12.2. The summed E-state index contributed by atoms with van der Waals surface area (Å²) in [6, 6.07) is 9.63. The molecular weight excluding hydrogens is 442 g/mol. The number of pyridine rings is 1. The van der Waals surface area contributed by atoms with Gasteiger partial charge in [-0.05, 0) is 51.1 Å². The van der Waals surface area contributed by atoms with Gasteiger partial charge < -0.3 is 19.9 Å². The van der Waals surface area contributed by atoms with Crippen molar-refractivity contribution in [2.75, 3.05) is 58.3 Å². The van der Waals surface area contributed by atoms with Crippen LogP contribution in [0.2, 0.25) is 0 Å². The lowest BCUT2D eigenvalue weighted by Crippen LogP contribution is -2.44. The minimum Gasteiger partial charge on any atom is -0.478 e. The molecule has 1 aliphatic heterocycles. The van der Waals surface area contributed by atoms with Crippen LogP contribution in [0.3, 0.4) is 0 Å². The summed E-state index contributed by atoms with van der Waals surface area (Å²) in [5, 5.41) is 2.86. The predicted octanol–water partition coefficient (Wildman–Crippen LogP) is 3.26. The molecule has 1 N–H and O–H groups in total. The van der Waals surface area contributed by atoms with Gasteiger partial charge in [0.15, 0.2) is 5.82 Å². The number of piperazine rings is 1. The normalized spacial score (nSPS) is 14.9. The van der Waals surface area contributed by atoms with Crippen LogP contribution in [0.15, 0.2) is 42.7 Å². The third-order valence-corrected chi connectivity index (χ3v) is 6.12. The Morgan fingerprint density at radius 2 is 1.83 bits per heavy atom. The summed E-state index contributed by atoms with van der Waals surface area (Å²) in [7, 11) is 3.86. The summed E-state index contributed by atoms with van der Waals surface area (Å²) < 4.78 is 5.86. The summed E-state index contributed by atoms with van der Waals surface area (Å²) in [6.07, 6.45) is 4.41. The number of hydrogen-bond acceptors (Lipinski definition) is 7. The van der Waals surface area contributed by atoms with Crippen LogP contribution >= 0.6 is 0 Å². The van der Waals surface area contributed by atoms with Crippen molar-refractivity contribution in [2.24, 2.45) is 0 Å². The van der Waals surface area contributed by atoms with Crippen molar-refractivity contribution in [3.05, 3.63) is 42.7 Å². The van der Waals surface area contributed by atoms with Crippen molar-refractivity contribution in [1.29, 1.82) is 0 Å². The second-order valence-electron chi connectivity index (χ2n) is 9.33. The summed E-state index contributed by atoms with van der Waals surface area (Å²) in [4.78, 5) is 32.2. The summed E-state index contributed by atoms with van der Waals surface area (Å²) in [5.41, 5.74) is 3.43. The lowest BCUT2D eigenvalue weighted by atomic mass is 10.1. The average molecular weight is 478 g/mol. The summed E-state index contributed by atoms with van der Waals surface area (Å²) in [6.45, 7) is 10.1. The van der Waals surface area contributed by atoms with Crippen molar-refractivity contribution >= 4 is 22.9 Å². The number of carbonyl (C=O) groups excluding carboxylic acids is 1. The van der Waals surface area contributed by atoms with Gasteiger partial charge in [-0.15, -0.1) is 0 Å². The van der Waals surface area contributed by atoms with Crippen LogP contribution in [0.25, 0.3) is 22.2 Å². The van der Waals surface area contributed by atoms with Gasteiger partial charge in [0.1, 0.15) is 0 Å². The van der Waals surface area contributed by atoms with Gasteiger partial charge in [0, 0.05) is 63.6 Å². The van der Waals surface area contributed by atoms with Crippen LogP contribution in [-0.4, -0.2) is 90.3 Å². The quantitative estimate of drug-likeness (QED) is 0.498. The molecule has 1 aromatic carbocycles. The van der Waals surface area contributed by atoms with E-state index in [1.54, 1.807) is 13.2 Å². The van der Waals surface area contributed by atoms with Crippen LogP contribution in [0, 0.1) is 0 Å². The van der Waals surface area contributed by atoms with Crippen LogP contribution in [0.5, 0.6) is 5.88 Å². The Kier molecular flexibility index (Phi) is 8.09. The fraction of sp³-hybridized carbons (Fsp3) is 0.462. The molecule has 9 nitrogen and oxygen atoms in total. The smallest absolute Gasteiger partial charge is 0.323 e. The van der Waals surface area contributed by atoms with E-state index in [-0.39, 0.29) is 12.1 Å². The van der Waals surface area contributed by atoms with Crippen molar-refractivity contribution in [3.8, 4) is 17.0 Å². The van der Waals surface area contributed by atoms with Crippen molar-refractivity contribution in [3.63, 3.8) is 0 Å². The van der Waals surface area contributed by atoms with E-state index in [2.05, 4.69) is 37.1 Å². The summed E-state index contributed by atoms with van der Waals surface area (Å²) >= 11 is 0. The van der Waals surface area contributed by atoms with E-state index in [4.69, 9.17) is 4.74 Å². The van der Waals surface area contributed by atoms with E-state index in [1.165, 1.54) is 4.90 Å². The Morgan fingerprint density at radius 3 is 2.54 bits per heavy atom. The molecule has 2 amide bonds. The average Bonchev–Trinajstić information content (AvgIpc) is 2.86. The van der Waals surface area contributed by atoms with E-state index < -0.39 is 0 Å². The Morgan fingerprint density at radius 1 is 1.06 bits per heavy atom. The first kappa shape index (κ1) is 24.8. The van der Waals surface area contributed by atoms with E-state index >= 15 is 0 Å². The molecule has 0 radical (unpaired) electrons. The predicted molar refractivity (Wildman–Crippen MR) is 139 cm³/mol. The largest absolute Gasteiger partial charge is 0.478 e. The van der Waals surface area contributed by atoms with Crippen molar-refractivity contribution in [2.45, 2.75) is 26.3 Å². The van der Waals surface area contributed by atoms with E-state index in [0.29, 0.717) is 23.8 Å². The molecule has 2 aromatic heterocycles. The van der Waals surface area contributed by atoms with Crippen LogP contribution < -0.4 is 15.0 Å². The molecule has 9 heteroatoms. The maximum absolute atomic E-state index is 12.3. The van der Waals surface area contributed by atoms with Gasteiger partial charge in [0.25, 0.3) is 0 Å². The minimum atomic E-state index is -0.215. The number of aromatic nitrogens is 3. The molecule has 186 valence electrons. The fourth-order valence-corrected chi connectivity index (χ4v) is 3.96. The maximum atomic E-state index is 12.3. The zero-order chi connectivity index (χ0) is 24.8. The Labute approximate surface area is 207 Å². The van der Waals surface area contributed by atoms with Crippen LogP contribution in [0.4, 0.5) is 10.6 Å². The number of urea groups is 1. The highest BCUT2D eigenvalue weighted by molar-refractivity contribution is 5.91. The van der Waals surface area contributed by atoms with Gasteiger partial charge in [0.05, 0.1) is 23.8 Å². The molecule has 0 bridgehead atoms. The number of anilines is 1. The first-order valence-corrected chi connectivity index (χ1v) is 12.2. The number of amides is 2. The van der Waals surface area contributed by atoms with Gasteiger partial charge in [-0.25, -0.2) is 14.8 Å². The van der Waals surface area contributed by atoms with E-state index in [1.807, 2.05) is 50.4 Å². The molecule has 4 rings (SSSR count). The number of nitrogens with zero attached hydrogens (tertiary/aromatic N) is 6. The standard InChI is InChI=1S/C26H35N7O2/c1-19(2)29-26(34)32(4)24-18-27-22-8-6-20(16-23(22)30-24)21-7-9-25(28-17-21)35-15-5-10-33-13-11-31(3)12-14-33/h6-9,16-19H,5,10-15H2,1-4H3,(H,29,34). The lowest BCUT2D eigenvalue weighted by Gasteiger charge is -2.32. The SMILES string of the molecule is CC(C)NC(=O)N(C)c1cnc2ccc(-c3ccc(OCCCN4CCN(C)CC4)nc3)cc2n1. The number of rotatable bonds is 8. The van der Waals surface area contributed by atoms with Crippen molar-refractivity contribution in [1.82, 2.24) is 30.1 Å².